The number of hydrogen-bond acceptors (Lipinski definition) is 2. The van der Waals surface area contributed by atoms with Gasteiger partial charge in [-0.05, 0) is 37.6 Å². The van der Waals surface area contributed by atoms with Gasteiger partial charge in [0.25, 0.3) is 0 Å². The zero-order chi connectivity index (χ0) is 19.2. The number of carbonyl (C=O) groups is 2. The maximum Gasteiger partial charge on any atom is 0.319 e. The fourth-order valence-corrected chi connectivity index (χ4v) is 2.96. The molecule has 0 fully saturated rings. The highest BCUT2D eigenvalue weighted by atomic mass is 16.2. The van der Waals surface area contributed by atoms with Crippen molar-refractivity contribution in [1.29, 1.82) is 0 Å². The van der Waals surface area contributed by atoms with Gasteiger partial charge in [-0.1, -0.05) is 36.4 Å². The monoisotopic (exact) mass is 364 g/mol. The lowest BCUT2D eigenvalue weighted by Gasteiger charge is -2.20. The molecular weight excluding hydrogens is 340 g/mol. The predicted octanol–water partition coefficient (Wildman–Crippen LogP) is 3.43. The van der Waals surface area contributed by atoms with Crippen LogP contribution in [0.25, 0.3) is 10.9 Å². The van der Waals surface area contributed by atoms with Crippen LogP contribution in [0.15, 0.2) is 60.8 Å². The minimum Gasteiger partial charge on any atom is -0.361 e. The van der Waals surface area contributed by atoms with E-state index >= 15 is 0 Å². The largest absolute Gasteiger partial charge is 0.361 e. The molecule has 0 unspecified atom stereocenters. The summed E-state index contributed by atoms with van der Waals surface area (Å²) in [5, 5.41) is 9.48. The molecule has 0 saturated carbocycles. The van der Waals surface area contributed by atoms with E-state index in [1.165, 1.54) is 0 Å². The van der Waals surface area contributed by atoms with Gasteiger partial charge in [0, 0.05) is 35.2 Å². The molecule has 4 N–H and O–H groups in total. The third-order valence-corrected chi connectivity index (χ3v) is 4.18. The summed E-state index contributed by atoms with van der Waals surface area (Å²) < 4.78 is 0. The van der Waals surface area contributed by atoms with Gasteiger partial charge < -0.3 is 20.9 Å². The zero-order valence-corrected chi connectivity index (χ0v) is 15.5. The fourth-order valence-electron chi connectivity index (χ4n) is 2.96. The fraction of sp³-hybridized carbons (Fsp3) is 0.238. The van der Waals surface area contributed by atoms with Crippen LogP contribution >= 0.6 is 0 Å². The summed E-state index contributed by atoms with van der Waals surface area (Å²) in [5.74, 6) is -0.210. The van der Waals surface area contributed by atoms with Crippen molar-refractivity contribution in [2.24, 2.45) is 0 Å². The Morgan fingerprint density at radius 2 is 1.67 bits per heavy atom. The van der Waals surface area contributed by atoms with E-state index in [2.05, 4.69) is 20.9 Å². The number of urea groups is 1. The van der Waals surface area contributed by atoms with Crippen molar-refractivity contribution in [2.45, 2.75) is 32.4 Å². The van der Waals surface area contributed by atoms with Crippen LogP contribution in [0.2, 0.25) is 0 Å². The second-order valence-corrected chi connectivity index (χ2v) is 6.74. The highest BCUT2D eigenvalue weighted by molar-refractivity contribution is 5.94. The molecule has 3 rings (SSSR count). The number of fused-ring (bicyclic) bond motifs is 1. The normalized spacial score (nSPS) is 12.0. The number of anilines is 1. The predicted molar refractivity (Wildman–Crippen MR) is 108 cm³/mol. The van der Waals surface area contributed by atoms with Gasteiger partial charge in [-0.3, -0.25) is 4.79 Å². The summed E-state index contributed by atoms with van der Waals surface area (Å²) in [5.41, 5.74) is 2.66. The molecule has 27 heavy (non-hydrogen) atoms. The van der Waals surface area contributed by atoms with Gasteiger partial charge in [0.1, 0.15) is 6.04 Å². The highest BCUT2D eigenvalue weighted by Gasteiger charge is 2.23. The first-order chi connectivity index (χ1) is 13.0. The second kappa shape index (κ2) is 8.40. The Labute approximate surface area is 158 Å². The number of amides is 3. The molecule has 3 amide bonds. The molecule has 0 aliphatic carbocycles. The maximum atomic E-state index is 12.6. The molecule has 0 aliphatic heterocycles. The van der Waals surface area contributed by atoms with Gasteiger partial charge in [0.05, 0.1) is 0 Å². The molecular formula is C21H24N4O2. The first-order valence-electron chi connectivity index (χ1n) is 9.01. The van der Waals surface area contributed by atoms with Crippen LogP contribution in [0.3, 0.4) is 0 Å². The van der Waals surface area contributed by atoms with Crippen molar-refractivity contribution >= 4 is 28.5 Å². The Bertz CT molecular complexity index is 918. The van der Waals surface area contributed by atoms with Crippen LogP contribution < -0.4 is 16.0 Å². The van der Waals surface area contributed by atoms with Crippen molar-refractivity contribution in [1.82, 2.24) is 15.6 Å². The summed E-state index contributed by atoms with van der Waals surface area (Å²) in [4.78, 5) is 28.2. The third kappa shape index (κ3) is 4.88. The van der Waals surface area contributed by atoms with Crippen LogP contribution in [-0.4, -0.2) is 29.0 Å². The molecule has 0 bridgehead atoms. The minimum atomic E-state index is -0.685. The van der Waals surface area contributed by atoms with E-state index in [4.69, 9.17) is 0 Å². The van der Waals surface area contributed by atoms with Gasteiger partial charge >= 0.3 is 6.03 Å². The first kappa shape index (κ1) is 18.5. The smallest absolute Gasteiger partial charge is 0.319 e. The zero-order valence-electron chi connectivity index (χ0n) is 15.5. The van der Waals surface area contributed by atoms with Crippen LogP contribution in [0, 0.1) is 0 Å². The van der Waals surface area contributed by atoms with E-state index in [0.29, 0.717) is 12.1 Å². The number of para-hydroxylation sites is 2. The highest BCUT2D eigenvalue weighted by Crippen LogP contribution is 2.19. The molecule has 2 aromatic carbocycles. The van der Waals surface area contributed by atoms with E-state index in [1.807, 2.05) is 62.5 Å². The maximum absolute atomic E-state index is 12.6. The lowest BCUT2D eigenvalue weighted by Crippen LogP contribution is -2.50. The van der Waals surface area contributed by atoms with E-state index in [9.17, 15) is 9.59 Å². The Morgan fingerprint density at radius 1 is 0.963 bits per heavy atom. The van der Waals surface area contributed by atoms with E-state index in [-0.39, 0.29) is 11.9 Å². The Kier molecular flexibility index (Phi) is 5.76. The summed E-state index contributed by atoms with van der Waals surface area (Å²) in [6.07, 6.45) is 2.28. The van der Waals surface area contributed by atoms with Gasteiger partial charge in [-0.25, -0.2) is 4.79 Å². The summed E-state index contributed by atoms with van der Waals surface area (Å²) in [6.45, 7) is 3.79. The van der Waals surface area contributed by atoms with Gasteiger partial charge in [-0.2, -0.15) is 0 Å². The molecule has 1 aromatic heterocycles. The van der Waals surface area contributed by atoms with Gasteiger partial charge in [0.2, 0.25) is 5.91 Å². The summed E-state index contributed by atoms with van der Waals surface area (Å²) in [6, 6.07) is 15.9. The molecule has 0 spiro atoms. The van der Waals surface area contributed by atoms with Crippen molar-refractivity contribution in [3.8, 4) is 0 Å². The molecule has 140 valence electrons. The summed E-state index contributed by atoms with van der Waals surface area (Å²) in [7, 11) is 0. The van der Waals surface area contributed by atoms with E-state index in [1.54, 1.807) is 12.1 Å². The topological polar surface area (TPSA) is 86.0 Å². The molecule has 1 heterocycles. The molecule has 0 saturated heterocycles. The Hall–Kier alpha value is -3.28. The van der Waals surface area contributed by atoms with Crippen LogP contribution in [0.4, 0.5) is 10.5 Å². The molecule has 0 aliphatic rings. The van der Waals surface area contributed by atoms with Crippen LogP contribution in [0.5, 0.6) is 0 Å². The lowest BCUT2D eigenvalue weighted by molar-refractivity contribution is -0.123. The molecule has 0 radical (unpaired) electrons. The quantitative estimate of drug-likeness (QED) is 0.540. The van der Waals surface area contributed by atoms with E-state index in [0.717, 1.165) is 16.5 Å². The minimum absolute atomic E-state index is 0.0121. The number of aromatic nitrogens is 1. The van der Waals surface area contributed by atoms with Crippen LogP contribution in [-0.2, 0) is 11.2 Å². The van der Waals surface area contributed by atoms with Crippen molar-refractivity contribution < 1.29 is 9.59 Å². The van der Waals surface area contributed by atoms with Crippen molar-refractivity contribution in [3.63, 3.8) is 0 Å². The van der Waals surface area contributed by atoms with Gasteiger partial charge in [0.15, 0.2) is 0 Å². The molecule has 6 nitrogen and oxygen atoms in total. The van der Waals surface area contributed by atoms with Crippen molar-refractivity contribution in [2.75, 3.05) is 5.32 Å². The number of H-pyrrole nitrogens is 1. The van der Waals surface area contributed by atoms with Crippen molar-refractivity contribution in [3.05, 3.63) is 66.4 Å². The third-order valence-electron chi connectivity index (χ3n) is 4.18. The average Bonchev–Trinajstić information content (AvgIpc) is 3.04. The Morgan fingerprint density at radius 3 is 2.41 bits per heavy atom. The number of aromatic amines is 1. The average molecular weight is 364 g/mol. The lowest BCUT2D eigenvalue weighted by atomic mass is 10.0. The number of nitrogens with one attached hydrogen (secondary N) is 4. The molecule has 1 atom stereocenters. The molecule has 6 heteroatoms. The number of benzene rings is 2. The molecule has 3 aromatic rings. The standard InChI is InChI=1S/C21H24N4O2/c1-14(2)23-20(26)19(25-21(27)24-16-8-4-3-5-9-16)12-15-13-22-18-11-7-6-10-17(15)18/h3-11,13-14,19,22H,12H2,1-2H3,(H,23,26)(H2,24,25,27)/t19-/m1/s1. The first-order valence-corrected chi connectivity index (χ1v) is 9.01. The number of carbonyl (C=O) groups excluding carboxylic acids is 2. The number of hydrogen-bond donors (Lipinski definition) is 4. The van der Waals surface area contributed by atoms with E-state index < -0.39 is 12.1 Å². The summed E-state index contributed by atoms with van der Waals surface area (Å²) >= 11 is 0. The Balaban J connectivity index is 1.76. The second-order valence-electron chi connectivity index (χ2n) is 6.74. The van der Waals surface area contributed by atoms with Crippen LogP contribution in [0.1, 0.15) is 19.4 Å². The number of rotatable bonds is 6. The van der Waals surface area contributed by atoms with Gasteiger partial charge in [-0.15, -0.1) is 0 Å². The SMILES string of the molecule is CC(C)NC(=O)[C@@H](Cc1c[nH]c2ccccc12)NC(=O)Nc1ccccc1.